The molecule has 0 saturated heterocycles. The van der Waals surface area contributed by atoms with Gasteiger partial charge in [0.2, 0.25) is 0 Å². The Hall–Kier alpha value is -1.81. The fourth-order valence-corrected chi connectivity index (χ4v) is 2.19. The van der Waals surface area contributed by atoms with Crippen LogP contribution in [-0.2, 0) is 19.1 Å². The lowest BCUT2D eigenvalue weighted by Gasteiger charge is -2.15. The van der Waals surface area contributed by atoms with Gasteiger partial charge in [0.05, 0.1) is 5.56 Å². The molecule has 2 rings (SSSR count). The first-order chi connectivity index (χ1) is 9.95. The van der Waals surface area contributed by atoms with E-state index >= 15 is 0 Å². The van der Waals surface area contributed by atoms with Crippen LogP contribution >= 0.6 is 0 Å². The first-order valence-electron chi connectivity index (χ1n) is 6.88. The Morgan fingerprint density at radius 1 is 0.952 bits per heavy atom. The minimum Gasteiger partial charge on any atom is -0.310 e. The van der Waals surface area contributed by atoms with Crippen molar-refractivity contribution in [3.63, 3.8) is 0 Å². The second-order valence-corrected chi connectivity index (χ2v) is 5.17. The van der Waals surface area contributed by atoms with Crippen molar-refractivity contribution in [1.29, 1.82) is 0 Å². The standard InChI is InChI=1S/C17H18F3N/c1-13(21-12-14-6-3-2-4-7-14)10-15-8-5-9-16(11-15)17(18,19)20/h2-9,11,13,21H,10,12H2,1H3/t13-/m0/s1. The number of benzene rings is 2. The maximum Gasteiger partial charge on any atom is 0.416 e. The van der Waals surface area contributed by atoms with Crippen molar-refractivity contribution in [2.45, 2.75) is 32.1 Å². The van der Waals surface area contributed by atoms with Gasteiger partial charge >= 0.3 is 6.18 Å². The lowest BCUT2D eigenvalue weighted by Crippen LogP contribution is -2.27. The van der Waals surface area contributed by atoms with Crippen molar-refractivity contribution in [2.24, 2.45) is 0 Å². The van der Waals surface area contributed by atoms with Crippen LogP contribution in [0.2, 0.25) is 0 Å². The van der Waals surface area contributed by atoms with Crippen LogP contribution in [0.15, 0.2) is 54.6 Å². The predicted molar refractivity (Wildman–Crippen MR) is 77.9 cm³/mol. The molecule has 0 spiro atoms. The highest BCUT2D eigenvalue weighted by Gasteiger charge is 2.30. The van der Waals surface area contributed by atoms with E-state index in [1.54, 1.807) is 6.07 Å². The van der Waals surface area contributed by atoms with Crippen molar-refractivity contribution in [2.75, 3.05) is 0 Å². The maximum atomic E-state index is 12.7. The zero-order valence-electron chi connectivity index (χ0n) is 11.8. The van der Waals surface area contributed by atoms with Gasteiger partial charge < -0.3 is 5.32 Å². The van der Waals surface area contributed by atoms with Gasteiger partial charge in [-0.15, -0.1) is 0 Å². The van der Waals surface area contributed by atoms with Gasteiger partial charge in [-0.1, -0.05) is 48.5 Å². The average molecular weight is 293 g/mol. The molecule has 0 amide bonds. The Morgan fingerprint density at radius 2 is 1.62 bits per heavy atom. The van der Waals surface area contributed by atoms with Gasteiger partial charge in [0.15, 0.2) is 0 Å². The van der Waals surface area contributed by atoms with E-state index in [-0.39, 0.29) is 6.04 Å². The minimum atomic E-state index is -4.28. The third-order valence-corrected chi connectivity index (χ3v) is 3.29. The molecule has 0 aliphatic heterocycles. The second kappa shape index (κ2) is 6.76. The summed E-state index contributed by atoms with van der Waals surface area (Å²) in [4.78, 5) is 0. The molecular formula is C17H18F3N. The molecular weight excluding hydrogens is 275 g/mol. The molecule has 0 heterocycles. The summed E-state index contributed by atoms with van der Waals surface area (Å²) in [5, 5.41) is 3.32. The molecule has 0 fully saturated rings. The zero-order chi connectivity index (χ0) is 15.3. The molecule has 2 aromatic rings. The van der Waals surface area contributed by atoms with Gasteiger partial charge in [-0.3, -0.25) is 0 Å². The molecule has 0 radical (unpaired) electrons. The fourth-order valence-electron chi connectivity index (χ4n) is 2.19. The number of rotatable bonds is 5. The van der Waals surface area contributed by atoms with Crippen LogP contribution in [0.5, 0.6) is 0 Å². The van der Waals surface area contributed by atoms with E-state index in [0.29, 0.717) is 18.5 Å². The van der Waals surface area contributed by atoms with E-state index in [9.17, 15) is 13.2 Å². The Kier molecular flexibility index (Phi) is 5.02. The van der Waals surface area contributed by atoms with Gasteiger partial charge in [-0.2, -0.15) is 13.2 Å². The van der Waals surface area contributed by atoms with Gasteiger partial charge in [-0.05, 0) is 30.5 Å². The predicted octanol–water partition coefficient (Wildman–Crippen LogP) is 4.43. The Morgan fingerprint density at radius 3 is 2.29 bits per heavy atom. The highest BCUT2D eigenvalue weighted by atomic mass is 19.4. The van der Waals surface area contributed by atoms with Crippen molar-refractivity contribution in [3.8, 4) is 0 Å². The molecule has 4 heteroatoms. The first-order valence-corrected chi connectivity index (χ1v) is 6.88. The lowest BCUT2D eigenvalue weighted by atomic mass is 10.0. The molecule has 0 aromatic heterocycles. The molecule has 0 unspecified atom stereocenters. The van der Waals surface area contributed by atoms with Gasteiger partial charge in [-0.25, -0.2) is 0 Å². The number of halogens is 3. The van der Waals surface area contributed by atoms with E-state index in [4.69, 9.17) is 0 Å². The molecule has 1 N–H and O–H groups in total. The van der Waals surface area contributed by atoms with Crippen molar-refractivity contribution < 1.29 is 13.2 Å². The number of nitrogens with one attached hydrogen (secondary N) is 1. The summed E-state index contributed by atoms with van der Waals surface area (Å²) in [7, 11) is 0. The van der Waals surface area contributed by atoms with Gasteiger partial charge in [0.1, 0.15) is 0 Å². The fraction of sp³-hybridized carbons (Fsp3) is 0.294. The van der Waals surface area contributed by atoms with Crippen LogP contribution in [0.4, 0.5) is 13.2 Å². The van der Waals surface area contributed by atoms with E-state index < -0.39 is 11.7 Å². The smallest absolute Gasteiger partial charge is 0.310 e. The molecule has 0 aliphatic rings. The van der Waals surface area contributed by atoms with E-state index in [0.717, 1.165) is 11.6 Å². The van der Waals surface area contributed by atoms with Crippen LogP contribution in [0.1, 0.15) is 23.6 Å². The number of hydrogen-bond acceptors (Lipinski definition) is 1. The first kappa shape index (κ1) is 15.6. The second-order valence-electron chi connectivity index (χ2n) is 5.17. The third kappa shape index (κ3) is 4.90. The maximum absolute atomic E-state index is 12.7. The van der Waals surface area contributed by atoms with Crippen LogP contribution in [0.3, 0.4) is 0 Å². The zero-order valence-corrected chi connectivity index (χ0v) is 11.8. The van der Waals surface area contributed by atoms with E-state index in [1.807, 2.05) is 37.3 Å². The average Bonchev–Trinajstić information content (AvgIpc) is 2.46. The summed E-state index contributed by atoms with van der Waals surface area (Å²) in [6.45, 7) is 2.68. The summed E-state index contributed by atoms with van der Waals surface area (Å²) >= 11 is 0. The Bertz CT molecular complexity index is 564. The van der Waals surface area contributed by atoms with E-state index in [2.05, 4.69) is 5.32 Å². The van der Waals surface area contributed by atoms with Crippen molar-refractivity contribution >= 4 is 0 Å². The lowest BCUT2D eigenvalue weighted by molar-refractivity contribution is -0.137. The molecule has 2 aromatic carbocycles. The van der Waals surface area contributed by atoms with Crippen molar-refractivity contribution in [1.82, 2.24) is 5.32 Å². The highest BCUT2D eigenvalue weighted by molar-refractivity contribution is 5.26. The van der Waals surface area contributed by atoms with Gasteiger partial charge in [0.25, 0.3) is 0 Å². The largest absolute Gasteiger partial charge is 0.416 e. The van der Waals surface area contributed by atoms with Crippen LogP contribution in [0, 0.1) is 0 Å². The monoisotopic (exact) mass is 293 g/mol. The normalized spacial score (nSPS) is 13.1. The summed E-state index contributed by atoms with van der Waals surface area (Å²) in [5.41, 5.74) is 1.27. The molecule has 21 heavy (non-hydrogen) atoms. The molecule has 112 valence electrons. The minimum absolute atomic E-state index is 0.105. The number of hydrogen-bond donors (Lipinski definition) is 1. The molecule has 0 saturated carbocycles. The van der Waals surface area contributed by atoms with Crippen LogP contribution in [0.25, 0.3) is 0 Å². The van der Waals surface area contributed by atoms with Crippen LogP contribution in [-0.4, -0.2) is 6.04 Å². The van der Waals surface area contributed by atoms with Crippen LogP contribution < -0.4 is 5.32 Å². The topological polar surface area (TPSA) is 12.0 Å². The van der Waals surface area contributed by atoms with Gasteiger partial charge in [0, 0.05) is 12.6 Å². The Labute approximate surface area is 122 Å². The Balaban J connectivity index is 1.92. The molecule has 0 bridgehead atoms. The van der Waals surface area contributed by atoms with E-state index in [1.165, 1.54) is 12.1 Å². The molecule has 1 atom stereocenters. The number of alkyl halides is 3. The highest BCUT2D eigenvalue weighted by Crippen LogP contribution is 2.29. The molecule has 0 aliphatic carbocycles. The third-order valence-electron chi connectivity index (χ3n) is 3.29. The molecule has 1 nitrogen and oxygen atoms in total. The van der Waals surface area contributed by atoms with Crippen molar-refractivity contribution in [3.05, 3.63) is 71.3 Å². The quantitative estimate of drug-likeness (QED) is 0.860. The summed E-state index contributed by atoms with van der Waals surface area (Å²) in [6.07, 6.45) is -3.71. The summed E-state index contributed by atoms with van der Waals surface area (Å²) in [6, 6.07) is 15.5. The summed E-state index contributed by atoms with van der Waals surface area (Å²) < 4.78 is 38.0. The summed E-state index contributed by atoms with van der Waals surface area (Å²) in [5.74, 6) is 0. The SMILES string of the molecule is C[C@@H](Cc1cccc(C(F)(F)F)c1)NCc1ccccc1.